The second-order valence-electron chi connectivity index (χ2n) is 12.0. The summed E-state index contributed by atoms with van der Waals surface area (Å²) in [5, 5.41) is 2.38. The van der Waals surface area contributed by atoms with Crippen LogP contribution in [0.1, 0.15) is 139 Å². The van der Waals surface area contributed by atoms with Gasteiger partial charge in [0.25, 0.3) is 0 Å². The number of nitrogens with zero attached hydrogens (tertiary/aromatic N) is 2. The third-order valence-electron chi connectivity index (χ3n) is 7.90. The van der Waals surface area contributed by atoms with Crippen molar-refractivity contribution in [1.82, 2.24) is 15.0 Å². The molecule has 3 rings (SSSR count). The highest BCUT2D eigenvalue weighted by molar-refractivity contribution is 7.99. The molecule has 0 amide bonds. The maximum absolute atomic E-state index is 6.29. The van der Waals surface area contributed by atoms with Crippen LogP contribution in [0.4, 0.5) is 0 Å². The molecule has 0 spiro atoms. The predicted molar refractivity (Wildman–Crippen MR) is 188 cm³/mol. The monoisotopic (exact) mass is 640 g/mol. The van der Waals surface area contributed by atoms with Gasteiger partial charge in [0.15, 0.2) is 0 Å². The maximum atomic E-state index is 6.29. The van der Waals surface area contributed by atoms with Gasteiger partial charge in [-0.05, 0) is 80.3 Å². The van der Waals surface area contributed by atoms with Crippen LogP contribution in [0.15, 0.2) is 64.8 Å². The Labute approximate surface area is 276 Å². The third-order valence-corrected chi connectivity index (χ3v) is 9.32. The van der Waals surface area contributed by atoms with Crippen molar-refractivity contribution in [2.24, 2.45) is 0 Å². The van der Waals surface area contributed by atoms with Crippen LogP contribution in [0, 0.1) is 6.92 Å². The van der Waals surface area contributed by atoms with Crippen molar-refractivity contribution in [2.45, 2.75) is 138 Å². The fourth-order valence-electron chi connectivity index (χ4n) is 5.46. The first-order valence-corrected chi connectivity index (χ1v) is 18.1. The Bertz CT molecular complexity index is 1170. The Morgan fingerprint density at radius 3 is 2.00 bits per heavy atom. The molecule has 3 nitrogen and oxygen atoms in total. The van der Waals surface area contributed by atoms with Crippen LogP contribution in [-0.4, -0.2) is 15.0 Å². The summed E-state index contributed by atoms with van der Waals surface area (Å²) >= 11 is 14.2. The molecule has 1 aromatic carbocycles. The first-order valence-electron chi connectivity index (χ1n) is 16.5. The molecule has 43 heavy (non-hydrogen) atoms. The quantitative estimate of drug-likeness (QED) is 0.0877. The Hall–Kier alpha value is -1.75. The van der Waals surface area contributed by atoms with E-state index in [2.05, 4.69) is 55.0 Å². The summed E-state index contributed by atoms with van der Waals surface area (Å²) in [4.78, 5) is 14.1. The molecule has 0 saturated carbocycles. The minimum absolute atomic E-state index is 0.312. The van der Waals surface area contributed by atoms with Gasteiger partial charge < -0.3 is 4.98 Å². The van der Waals surface area contributed by atoms with Crippen LogP contribution in [0.3, 0.4) is 0 Å². The number of nitrogens with one attached hydrogen (secondary N) is 1. The molecule has 0 bridgehead atoms. The first kappa shape index (κ1) is 35.7. The number of allylic oxidation sites excluding steroid dienone is 2. The van der Waals surface area contributed by atoms with E-state index in [0.717, 1.165) is 40.7 Å². The lowest BCUT2D eigenvalue weighted by molar-refractivity contribution is 0.519. The fourth-order valence-corrected chi connectivity index (χ4v) is 7.26. The summed E-state index contributed by atoms with van der Waals surface area (Å²) in [6.07, 6.45) is 28.7. The number of unbranched alkanes of at least 4 members (excludes halogenated alkanes) is 12. The molecule has 235 valence electrons. The Kier molecular flexibility index (Phi) is 17.5. The molecular weight excluding hydrogens is 589 g/mol. The smallest absolute Gasteiger partial charge is 0.110 e. The van der Waals surface area contributed by atoms with E-state index in [1.165, 1.54) is 89.0 Å². The molecule has 0 aliphatic heterocycles. The first-order chi connectivity index (χ1) is 21.0. The number of aromatic amines is 1. The van der Waals surface area contributed by atoms with Gasteiger partial charge in [-0.3, -0.25) is 4.98 Å². The number of imidazole rings is 1. The molecule has 1 radical (unpaired) electrons. The summed E-state index contributed by atoms with van der Waals surface area (Å²) in [5.74, 6) is 1.74. The fraction of sp³-hybridized carbons (Fsp3) is 0.541. The van der Waals surface area contributed by atoms with E-state index in [1.54, 1.807) is 17.8 Å². The largest absolute Gasteiger partial charge is 0.336 e. The highest BCUT2D eigenvalue weighted by Crippen LogP contribution is 2.37. The summed E-state index contributed by atoms with van der Waals surface area (Å²) in [5.41, 5.74) is 2.41. The average Bonchev–Trinajstić information content (AvgIpc) is 3.40. The maximum Gasteiger partial charge on any atom is 0.110 e. The number of halogens is 2. The average molecular weight is 642 g/mol. The summed E-state index contributed by atoms with van der Waals surface area (Å²) in [7, 11) is 0. The van der Waals surface area contributed by atoms with Crippen LogP contribution in [0.25, 0.3) is 0 Å². The van der Waals surface area contributed by atoms with Gasteiger partial charge in [0.05, 0.1) is 5.69 Å². The molecule has 2 heterocycles. The number of hydrogen-bond donors (Lipinski definition) is 1. The SMILES string of the molecule is [CH2]CCCCCCC/C=C\CCCCCCCCC(Cc1ccncc1)c1nc(C(C)C)c(Sc2cc(Cl)cc(Cl)c2)[nH]1. The van der Waals surface area contributed by atoms with Crippen molar-refractivity contribution in [3.63, 3.8) is 0 Å². The van der Waals surface area contributed by atoms with Crippen molar-refractivity contribution < 1.29 is 0 Å². The molecule has 2 aromatic heterocycles. The second-order valence-corrected chi connectivity index (χ2v) is 14.0. The third kappa shape index (κ3) is 14.3. The van der Waals surface area contributed by atoms with Gasteiger partial charge in [-0.1, -0.05) is 132 Å². The number of H-pyrrole nitrogens is 1. The molecule has 6 heteroatoms. The molecule has 0 fully saturated rings. The Morgan fingerprint density at radius 2 is 1.40 bits per heavy atom. The predicted octanol–water partition coefficient (Wildman–Crippen LogP) is 13.0. The molecule has 1 atom stereocenters. The molecular formula is C37H52Cl2N3S. The summed E-state index contributed by atoms with van der Waals surface area (Å²) in [6, 6.07) is 9.95. The Balaban J connectivity index is 1.47. The summed E-state index contributed by atoms with van der Waals surface area (Å²) < 4.78 is 0. The summed E-state index contributed by atoms with van der Waals surface area (Å²) in [6.45, 7) is 8.33. The molecule has 1 unspecified atom stereocenters. The number of benzene rings is 1. The van der Waals surface area contributed by atoms with Crippen molar-refractivity contribution in [2.75, 3.05) is 0 Å². The zero-order valence-corrected chi connectivity index (χ0v) is 28.8. The lowest BCUT2D eigenvalue weighted by Gasteiger charge is -2.15. The van der Waals surface area contributed by atoms with Crippen LogP contribution >= 0.6 is 35.0 Å². The molecule has 0 aliphatic carbocycles. The zero-order valence-electron chi connectivity index (χ0n) is 26.4. The van der Waals surface area contributed by atoms with Gasteiger partial charge in [0.1, 0.15) is 10.9 Å². The van der Waals surface area contributed by atoms with Crippen LogP contribution in [0.2, 0.25) is 10.0 Å². The molecule has 3 aromatic rings. The molecule has 1 N–H and O–H groups in total. The van der Waals surface area contributed by atoms with Gasteiger partial charge in [-0.2, -0.15) is 0 Å². The van der Waals surface area contributed by atoms with Crippen LogP contribution in [-0.2, 0) is 6.42 Å². The van der Waals surface area contributed by atoms with Crippen molar-refractivity contribution in [3.8, 4) is 0 Å². The number of pyridine rings is 1. The van der Waals surface area contributed by atoms with E-state index in [1.807, 2.05) is 24.5 Å². The number of hydrogen-bond acceptors (Lipinski definition) is 3. The normalized spacial score (nSPS) is 12.5. The minimum Gasteiger partial charge on any atom is -0.336 e. The molecule has 0 aliphatic rings. The van der Waals surface area contributed by atoms with Gasteiger partial charge in [0.2, 0.25) is 0 Å². The van der Waals surface area contributed by atoms with Crippen LogP contribution in [0.5, 0.6) is 0 Å². The van der Waals surface area contributed by atoms with Gasteiger partial charge >= 0.3 is 0 Å². The van der Waals surface area contributed by atoms with Crippen molar-refractivity contribution in [1.29, 1.82) is 0 Å². The van der Waals surface area contributed by atoms with E-state index < -0.39 is 0 Å². The lowest BCUT2D eigenvalue weighted by Crippen LogP contribution is -2.06. The van der Waals surface area contributed by atoms with Crippen LogP contribution < -0.4 is 0 Å². The highest BCUT2D eigenvalue weighted by Gasteiger charge is 2.21. The van der Waals surface area contributed by atoms with Gasteiger partial charge in [-0.15, -0.1) is 0 Å². The van der Waals surface area contributed by atoms with Crippen molar-refractivity contribution in [3.05, 3.63) is 88.9 Å². The van der Waals surface area contributed by atoms with E-state index in [-0.39, 0.29) is 0 Å². The van der Waals surface area contributed by atoms with E-state index in [9.17, 15) is 0 Å². The standard InChI is InChI=1S/C37H52Cl2N3S/c1-4-5-6-7-8-9-10-11-12-13-14-15-16-17-18-19-20-31(25-30-21-23-40-24-22-30)36-41-35(29(2)3)37(42-36)43-34-27-32(38)26-33(39)28-34/h11-12,21-24,26-29,31H,1,4-10,13-20,25H2,2-3H3,(H,41,42)/b12-11-. The van der Waals surface area contributed by atoms with Gasteiger partial charge in [0, 0.05) is 33.3 Å². The zero-order chi connectivity index (χ0) is 30.7. The van der Waals surface area contributed by atoms with Crippen molar-refractivity contribution >= 4 is 35.0 Å². The van der Waals surface area contributed by atoms with E-state index >= 15 is 0 Å². The Morgan fingerprint density at radius 1 is 0.814 bits per heavy atom. The molecule has 0 saturated heterocycles. The van der Waals surface area contributed by atoms with E-state index in [4.69, 9.17) is 28.2 Å². The number of aromatic nitrogens is 3. The topological polar surface area (TPSA) is 41.6 Å². The lowest BCUT2D eigenvalue weighted by atomic mass is 9.93. The van der Waals surface area contributed by atoms with E-state index in [0.29, 0.717) is 21.9 Å². The highest BCUT2D eigenvalue weighted by atomic mass is 35.5. The number of rotatable bonds is 22. The second kappa shape index (κ2) is 21.1. The van der Waals surface area contributed by atoms with Gasteiger partial charge in [-0.25, -0.2) is 4.98 Å². The minimum atomic E-state index is 0.312.